The van der Waals surface area contributed by atoms with Crippen molar-refractivity contribution in [3.8, 4) is 0 Å². The fourth-order valence-electron chi connectivity index (χ4n) is 2.42. The molecule has 0 unspecified atom stereocenters. The topological polar surface area (TPSA) is 101 Å². The number of hydrogen-bond donors (Lipinski definition) is 1. The zero-order chi connectivity index (χ0) is 17.4. The Balaban J connectivity index is 1.51. The minimum Gasteiger partial charge on any atom is -0.363 e. The van der Waals surface area contributed by atoms with Crippen molar-refractivity contribution in [1.82, 2.24) is 20.1 Å². The van der Waals surface area contributed by atoms with E-state index in [0.717, 1.165) is 30.9 Å². The lowest BCUT2D eigenvalue weighted by Crippen LogP contribution is -2.51. The van der Waals surface area contributed by atoms with E-state index in [1.54, 1.807) is 0 Å². The van der Waals surface area contributed by atoms with Crippen LogP contribution in [0.4, 0.5) is 5.82 Å². The maximum absolute atomic E-state index is 12.0. The van der Waals surface area contributed by atoms with Crippen LogP contribution < -0.4 is 9.62 Å². The highest BCUT2D eigenvalue weighted by Gasteiger charge is 2.30. The minimum atomic E-state index is -3.55. The van der Waals surface area contributed by atoms with E-state index < -0.39 is 10.0 Å². The summed E-state index contributed by atoms with van der Waals surface area (Å²) < 4.78 is 31.1. The Bertz CT molecular complexity index is 776. The van der Waals surface area contributed by atoms with E-state index in [0.29, 0.717) is 6.54 Å². The molecular weight excluding hydrogens is 330 g/mol. The molecule has 0 spiro atoms. The Morgan fingerprint density at radius 2 is 2.04 bits per heavy atom. The molecule has 0 atom stereocenters. The number of sulfonamides is 1. The molecule has 9 heteroatoms. The van der Waals surface area contributed by atoms with Gasteiger partial charge < -0.3 is 9.42 Å². The standard InChI is InChI=1S/C15H21N5O3S/c1-15(2,3)13-4-5-14(19-18-13)20-8-11(9-20)6-17-24(21,22)12-7-16-23-10-12/h4-5,7,10-11,17H,6,8-9H2,1-3H3. The summed E-state index contributed by atoms with van der Waals surface area (Å²) in [4.78, 5) is 2.12. The molecule has 1 saturated heterocycles. The molecule has 0 aliphatic carbocycles. The summed E-state index contributed by atoms with van der Waals surface area (Å²) in [5, 5.41) is 12.0. The lowest BCUT2D eigenvalue weighted by atomic mass is 9.92. The zero-order valence-electron chi connectivity index (χ0n) is 13.9. The van der Waals surface area contributed by atoms with Gasteiger partial charge in [-0.2, -0.15) is 5.10 Å². The molecule has 0 saturated carbocycles. The summed E-state index contributed by atoms with van der Waals surface area (Å²) in [6, 6.07) is 3.95. The Morgan fingerprint density at radius 1 is 1.29 bits per heavy atom. The molecule has 1 fully saturated rings. The smallest absolute Gasteiger partial charge is 0.245 e. The summed E-state index contributed by atoms with van der Waals surface area (Å²) in [7, 11) is -3.55. The maximum Gasteiger partial charge on any atom is 0.245 e. The molecule has 0 bridgehead atoms. The lowest BCUT2D eigenvalue weighted by Gasteiger charge is -2.40. The fourth-order valence-corrected chi connectivity index (χ4v) is 3.39. The second-order valence-corrected chi connectivity index (χ2v) is 8.78. The first-order valence-electron chi connectivity index (χ1n) is 7.74. The lowest BCUT2D eigenvalue weighted by molar-refractivity contribution is 0.401. The van der Waals surface area contributed by atoms with Gasteiger partial charge in [0.15, 0.2) is 5.82 Å². The summed E-state index contributed by atoms with van der Waals surface area (Å²) in [6.45, 7) is 8.15. The van der Waals surface area contributed by atoms with Crippen LogP contribution in [0.1, 0.15) is 26.5 Å². The molecule has 0 amide bonds. The summed E-state index contributed by atoms with van der Waals surface area (Å²) in [5.74, 6) is 1.06. The third kappa shape index (κ3) is 3.57. The average Bonchev–Trinajstić information content (AvgIpc) is 3.00. The number of nitrogens with zero attached hydrogens (tertiary/aromatic N) is 4. The Kier molecular flexibility index (Phi) is 4.31. The highest BCUT2D eigenvalue weighted by Crippen LogP contribution is 2.25. The van der Waals surface area contributed by atoms with Crippen LogP contribution in [0, 0.1) is 5.92 Å². The van der Waals surface area contributed by atoms with Gasteiger partial charge in [-0.3, -0.25) is 0 Å². The van der Waals surface area contributed by atoms with Gasteiger partial charge in [0.25, 0.3) is 0 Å². The molecule has 0 aromatic carbocycles. The zero-order valence-corrected chi connectivity index (χ0v) is 14.7. The van der Waals surface area contributed by atoms with Crippen molar-refractivity contribution in [2.75, 3.05) is 24.5 Å². The van der Waals surface area contributed by atoms with Crippen LogP contribution in [0.3, 0.4) is 0 Å². The third-order valence-corrected chi connectivity index (χ3v) is 5.35. The monoisotopic (exact) mass is 351 g/mol. The molecule has 3 rings (SSSR count). The largest absolute Gasteiger partial charge is 0.363 e. The summed E-state index contributed by atoms with van der Waals surface area (Å²) >= 11 is 0. The molecule has 1 aliphatic rings. The van der Waals surface area contributed by atoms with E-state index in [9.17, 15) is 8.42 Å². The normalized spacial score (nSPS) is 16.2. The second-order valence-electron chi connectivity index (χ2n) is 7.01. The van der Waals surface area contributed by atoms with Crippen LogP contribution in [-0.4, -0.2) is 43.4 Å². The van der Waals surface area contributed by atoms with Crippen LogP contribution in [0.25, 0.3) is 0 Å². The SMILES string of the molecule is CC(C)(C)c1ccc(N2CC(CNS(=O)(=O)c3cnoc3)C2)nn1. The van der Waals surface area contributed by atoms with Crippen molar-refractivity contribution < 1.29 is 12.9 Å². The van der Waals surface area contributed by atoms with Gasteiger partial charge in [-0.15, -0.1) is 5.10 Å². The van der Waals surface area contributed by atoms with Crippen LogP contribution in [0.2, 0.25) is 0 Å². The molecule has 3 heterocycles. The first-order valence-corrected chi connectivity index (χ1v) is 9.22. The van der Waals surface area contributed by atoms with Gasteiger partial charge in [-0.05, 0) is 12.1 Å². The number of nitrogens with one attached hydrogen (secondary N) is 1. The molecule has 0 radical (unpaired) electrons. The van der Waals surface area contributed by atoms with Crippen molar-refractivity contribution in [3.63, 3.8) is 0 Å². The molecule has 130 valence electrons. The molecule has 24 heavy (non-hydrogen) atoms. The van der Waals surface area contributed by atoms with E-state index in [2.05, 4.69) is 50.3 Å². The van der Waals surface area contributed by atoms with E-state index in [4.69, 9.17) is 0 Å². The first kappa shape index (κ1) is 16.8. The van der Waals surface area contributed by atoms with Crippen LogP contribution in [0.5, 0.6) is 0 Å². The predicted octanol–water partition coefficient (Wildman–Crippen LogP) is 1.18. The molecule has 2 aromatic rings. The Labute approximate surface area is 141 Å². The van der Waals surface area contributed by atoms with Gasteiger partial charge in [0.1, 0.15) is 11.2 Å². The average molecular weight is 351 g/mol. The van der Waals surface area contributed by atoms with Gasteiger partial charge in [-0.25, -0.2) is 13.1 Å². The highest BCUT2D eigenvalue weighted by molar-refractivity contribution is 7.89. The molecular formula is C15H21N5O3S. The number of rotatable bonds is 5. The van der Waals surface area contributed by atoms with Crippen LogP contribution in [0.15, 0.2) is 34.0 Å². The Morgan fingerprint density at radius 3 is 2.58 bits per heavy atom. The third-order valence-electron chi connectivity index (χ3n) is 3.98. The summed E-state index contributed by atoms with van der Waals surface area (Å²) in [6.07, 6.45) is 2.30. The molecule has 2 aromatic heterocycles. The van der Waals surface area contributed by atoms with Gasteiger partial charge >= 0.3 is 0 Å². The maximum atomic E-state index is 12.0. The van der Waals surface area contributed by atoms with E-state index in [1.807, 2.05) is 12.1 Å². The predicted molar refractivity (Wildman–Crippen MR) is 88.1 cm³/mol. The van der Waals surface area contributed by atoms with Gasteiger partial charge in [0.2, 0.25) is 10.0 Å². The Hall–Kier alpha value is -2.00. The van der Waals surface area contributed by atoms with E-state index in [1.165, 1.54) is 6.20 Å². The van der Waals surface area contributed by atoms with Crippen molar-refractivity contribution in [3.05, 3.63) is 30.3 Å². The number of aromatic nitrogens is 3. The van der Waals surface area contributed by atoms with Crippen molar-refractivity contribution >= 4 is 15.8 Å². The second kappa shape index (κ2) is 6.14. The van der Waals surface area contributed by atoms with Crippen LogP contribution >= 0.6 is 0 Å². The van der Waals surface area contributed by atoms with E-state index >= 15 is 0 Å². The molecule has 1 aliphatic heterocycles. The van der Waals surface area contributed by atoms with Crippen molar-refractivity contribution in [1.29, 1.82) is 0 Å². The number of hydrogen-bond acceptors (Lipinski definition) is 7. The van der Waals surface area contributed by atoms with Gasteiger partial charge in [-0.1, -0.05) is 25.9 Å². The van der Waals surface area contributed by atoms with Gasteiger partial charge in [0, 0.05) is 31.0 Å². The number of anilines is 1. The van der Waals surface area contributed by atoms with Crippen molar-refractivity contribution in [2.24, 2.45) is 5.92 Å². The van der Waals surface area contributed by atoms with Gasteiger partial charge in [0.05, 0.1) is 11.9 Å². The molecule has 1 N–H and O–H groups in total. The quantitative estimate of drug-likeness (QED) is 0.863. The first-order chi connectivity index (χ1) is 11.3. The molecule has 8 nitrogen and oxygen atoms in total. The fraction of sp³-hybridized carbons (Fsp3) is 0.533. The minimum absolute atomic E-state index is 0.0246. The highest BCUT2D eigenvalue weighted by atomic mass is 32.2. The van der Waals surface area contributed by atoms with Crippen LogP contribution in [-0.2, 0) is 15.4 Å². The van der Waals surface area contributed by atoms with Crippen molar-refractivity contribution in [2.45, 2.75) is 31.1 Å². The van der Waals surface area contributed by atoms with E-state index in [-0.39, 0.29) is 16.2 Å². The summed E-state index contributed by atoms with van der Waals surface area (Å²) in [5.41, 5.74) is 0.924.